The second-order valence-electron chi connectivity index (χ2n) is 8.90. The summed E-state index contributed by atoms with van der Waals surface area (Å²) in [5.74, 6) is -3.21. The number of alkyl halides is 2. The molecule has 31 heavy (non-hydrogen) atoms. The Hall–Kier alpha value is -2.83. The lowest BCUT2D eigenvalue weighted by atomic mass is 9.75. The number of pyridine rings is 1. The summed E-state index contributed by atoms with van der Waals surface area (Å²) < 4.78 is 47.1. The van der Waals surface area contributed by atoms with Gasteiger partial charge in [0, 0.05) is 30.5 Å². The van der Waals surface area contributed by atoms with Crippen LogP contribution in [-0.4, -0.2) is 29.1 Å². The van der Waals surface area contributed by atoms with Gasteiger partial charge in [-0.1, -0.05) is 24.3 Å². The number of hydrogen-bond acceptors (Lipinski definition) is 3. The van der Waals surface area contributed by atoms with Crippen molar-refractivity contribution in [1.82, 2.24) is 10.3 Å². The number of benzene rings is 1. The number of rotatable bonds is 3. The van der Waals surface area contributed by atoms with Gasteiger partial charge in [-0.05, 0) is 54.5 Å². The van der Waals surface area contributed by atoms with Crippen LogP contribution >= 0.6 is 0 Å². The lowest BCUT2D eigenvalue weighted by molar-refractivity contribution is -0.0659. The predicted molar refractivity (Wildman–Crippen MR) is 110 cm³/mol. The zero-order chi connectivity index (χ0) is 21.6. The topological polar surface area (TPSA) is 51.2 Å². The van der Waals surface area contributed by atoms with E-state index in [0.29, 0.717) is 25.1 Å². The average Bonchev–Trinajstić information content (AvgIpc) is 3.24. The van der Waals surface area contributed by atoms with E-state index in [1.54, 1.807) is 12.3 Å². The molecule has 2 saturated carbocycles. The molecular weight excluding hydrogens is 405 g/mol. The molecule has 1 aromatic heterocycles. The van der Waals surface area contributed by atoms with Crippen LogP contribution in [0.5, 0.6) is 0 Å². The summed E-state index contributed by atoms with van der Waals surface area (Å²) in [5.41, 5.74) is 1.48. The van der Waals surface area contributed by atoms with Crippen molar-refractivity contribution in [3.8, 4) is 11.1 Å². The number of halogens is 3. The van der Waals surface area contributed by atoms with Gasteiger partial charge < -0.3 is 10.1 Å². The minimum Gasteiger partial charge on any atom is -0.440 e. The highest BCUT2D eigenvalue weighted by atomic mass is 19.3. The van der Waals surface area contributed by atoms with Crippen LogP contribution in [0.25, 0.3) is 17.2 Å². The van der Waals surface area contributed by atoms with Crippen molar-refractivity contribution in [1.29, 1.82) is 0 Å². The molecule has 2 heterocycles. The Morgan fingerprint density at radius 3 is 2.74 bits per heavy atom. The van der Waals surface area contributed by atoms with Crippen LogP contribution in [0.4, 0.5) is 18.0 Å². The van der Waals surface area contributed by atoms with Crippen molar-refractivity contribution in [3.05, 3.63) is 60.2 Å². The zero-order valence-electron chi connectivity index (χ0n) is 16.9. The van der Waals surface area contributed by atoms with Crippen molar-refractivity contribution < 1.29 is 22.7 Å². The van der Waals surface area contributed by atoms with Crippen molar-refractivity contribution in [2.45, 2.75) is 37.2 Å². The van der Waals surface area contributed by atoms with E-state index >= 15 is 0 Å². The van der Waals surface area contributed by atoms with Gasteiger partial charge in [-0.2, -0.15) is 0 Å². The highest BCUT2D eigenvalue weighted by molar-refractivity contribution is 5.70. The Morgan fingerprint density at radius 1 is 1.16 bits per heavy atom. The van der Waals surface area contributed by atoms with Crippen LogP contribution in [0.15, 0.2) is 48.7 Å². The molecule has 1 aromatic carbocycles. The molecule has 3 aliphatic rings. The molecule has 7 heteroatoms. The lowest BCUT2D eigenvalue weighted by Gasteiger charge is -2.34. The van der Waals surface area contributed by atoms with E-state index in [2.05, 4.69) is 10.3 Å². The zero-order valence-corrected chi connectivity index (χ0v) is 16.9. The van der Waals surface area contributed by atoms with Gasteiger partial charge in [0.15, 0.2) is 0 Å². The SMILES string of the molecule is O=C1NC[C@]2(C[C@H]3CC(F)(F)CC[C@@H]3[C@H]2C=Cc2ccc(-c3cccc(F)c3)cn2)O1. The lowest BCUT2D eigenvalue weighted by Crippen LogP contribution is -2.38. The monoisotopic (exact) mass is 428 g/mol. The fourth-order valence-electron chi connectivity index (χ4n) is 5.56. The largest absolute Gasteiger partial charge is 0.440 e. The average molecular weight is 428 g/mol. The van der Waals surface area contributed by atoms with E-state index in [4.69, 9.17) is 4.74 Å². The summed E-state index contributed by atoms with van der Waals surface area (Å²) in [6, 6.07) is 10.0. The third-order valence-electron chi connectivity index (χ3n) is 6.93. The molecule has 1 aliphatic heterocycles. The summed E-state index contributed by atoms with van der Waals surface area (Å²) in [6.45, 7) is 0.339. The van der Waals surface area contributed by atoms with Crippen LogP contribution in [0.1, 0.15) is 31.4 Å². The molecular formula is C24H23F3N2O2. The predicted octanol–water partition coefficient (Wildman–Crippen LogP) is 5.45. The number of carbonyl (C=O) groups is 1. The number of nitrogens with one attached hydrogen (secondary N) is 1. The molecule has 3 fully saturated rings. The molecule has 1 amide bonds. The molecule has 4 nitrogen and oxygen atoms in total. The van der Waals surface area contributed by atoms with E-state index in [-0.39, 0.29) is 36.4 Å². The van der Waals surface area contributed by atoms with Crippen molar-refractivity contribution >= 4 is 12.2 Å². The maximum absolute atomic E-state index is 14.0. The highest BCUT2D eigenvalue weighted by Gasteiger charge is 2.60. The van der Waals surface area contributed by atoms with Gasteiger partial charge >= 0.3 is 6.09 Å². The Balaban J connectivity index is 1.39. The van der Waals surface area contributed by atoms with Gasteiger partial charge in [-0.15, -0.1) is 0 Å². The number of alkyl carbamates (subject to hydrolysis) is 1. The van der Waals surface area contributed by atoms with Crippen molar-refractivity contribution in [2.24, 2.45) is 17.8 Å². The smallest absolute Gasteiger partial charge is 0.407 e. The first kappa shape index (κ1) is 20.1. The molecule has 4 atom stereocenters. The van der Waals surface area contributed by atoms with E-state index < -0.39 is 17.6 Å². The summed E-state index contributed by atoms with van der Waals surface area (Å²) in [4.78, 5) is 16.3. The van der Waals surface area contributed by atoms with E-state index in [9.17, 15) is 18.0 Å². The number of nitrogens with zero attached hydrogens (tertiary/aromatic N) is 1. The second-order valence-corrected chi connectivity index (χ2v) is 8.90. The third-order valence-corrected chi connectivity index (χ3v) is 6.93. The maximum Gasteiger partial charge on any atom is 0.407 e. The molecule has 0 bridgehead atoms. The van der Waals surface area contributed by atoms with Crippen molar-refractivity contribution in [3.63, 3.8) is 0 Å². The maximum atomic E-state index is 14.0. The Kier molecular flexibility index (Phi) is 4.79. The van der Waals surface area contributed by atoms with Gasteiger partial charge in [-0.3, -0.25) is 4.98 Å². The Labute approximate surface area is 178 Å². The normalized spacial score (nSPS) is 31.6. The molecule has 1 N–H and O–H groups in total. The molecule has 2 aliphatic carbocycles. The first-order valence-electron chi connectivity index (χ1n) is 10.6. The molecule has 5 rings (SSSR count). The molecule has 1 spiro atoms. The number of fused-ring (bicyclic) bond motifs is 1. The van der Waals surface area contributed by atoms with E-state index in [1.165, 1.54) is 12.1 Å². The van der Waals surface area contributed by atoms with E-state index in [1.807, 2.05) is 30.4 Å². The van der Waals surface area contributed by atoms with Gasteiger partial charge in [0.05, 0.1) is 12.2 Å². The van der Waals surface area contributed by atoms with Gasteiger partial charge in [-0.25, -0.2) is 18.0 Å². The number of amides is 1. The number of ether oxygens (including phenoxy) is 1. The molecule has 1 saturated heterocycles. The minimum atomic E-state index is -2.65. The second kappa shape index (κ2) is 7.39. The number of hydrogen-bond donors (Lipinski definition) is 1. The number of aromatic nitrogens is 1. The quantitative estimate of drug-likeness (QED) is 0.707. The van der Waals surface area contributed by atoms with Crippen LogP contribution in [0.3, 0.4) is 0 Å². The van der Waals surface area contributed by atoms with Gasteiger partial charge in [0.2, 0.25) is 5.92 Å². The van der Waals surface area contributed by atoms with Crippen LogP contribution in [0.2, 0.25) is 0 Å². The fourth-order valence-corrected chi connectivity index (χ4v) is 5.56. The Morgan fingerprint density at radius 2 is 2.03 bits per heavy atom. The summed E-state index contributed by atoms with van der Waals surface area (Å²) in [6.07, 6.45) is 5.62. The number of carbonyl (C=O) groups excluding carboxylic acids is 1. The summed E-state index contributed by atoms with van der Waals surface area (Å²) >= 11 is 0. The highest BCUT2D eigenvalue weighted by Crippen LogP contribution is 2.56. The van der Waals surface area contributed by atoms with Gasteiger partial charge in [0.1, 0.15) is 11.4 Å². The molecule has 2 aromatic rings. The molecule has 162 valence electrons. The minimum absolute atomic E-state index is 0.0511. The van der Waals surface area contributed by atoms with E-state index in [0.717, 1.165) is 11.1 Å². The first-order chi connectivity index (χ1) is 14.8. The molecule has 0 radical (unpaired) electrons. The van der Waals surface area contributed by atoms with Crippen LogP contribution < -0.4 is 5.32 Å². The van der Waals surface area contributed by atoms with Gasteiger partial charge in [0.25, 0.3) is 0 Å². The third kappa shape index (κ3) is 3.82. The fraction of sp³-hybridized carbons (Fsp3) is 0.417. The summed E-state index contributed by atoms with van der Waals surface area (Å²) in [5, 5.41) is 2.71. The van der Waals surface area contributed by atoms with Crippen LogP contribution in [0, 0.1) is 23.6 Å². The summed E-state index contributed by atoms with van der Waals surface area (Å²) in [7, 11) is 0. The first-order valence-corrected chi connectivity index (χ1v) is 10.6. The Bertz CT molecular complexity index is 1020. The van der Waals surface area contributed by atoms with Crippen LogP contribution in [-0.2, 0) is 4.74 Å². The van der Waals surface area contributed by atoms with Crippen molar-refractivity contribution in [2.75, 3.05) is 6.54 Å². The standard InChI is InChI=1S/C24H23F3N2O2/c25-18-3-1-2-15(10-18)16-4-5-19(28-13-16)6-7-21-20-8-9-24(26,27)12-17(20)11-23(21)14-29-22(30)31-23/h1-7,10,13,17,20-21H,8-9,11-12,14H2,(H,29,30)/t17-,20-,21+,23-/m0/s1. The molecule has 0 unspecified atom stereocenters.